The van der Waals surface area contributed by atoms with Crippen molar-refractivity contribution < 1.29 is 4.74 Å². The summed E-state index contributed by atoms with van der Waals surface area (Å²) in [7, 11) is 1.63. The summed E-state index contributed by atoms with van der Waals surface area (Å²) < 4.78 is 5.34. The van der Waals surface area contributed by atoms with Crippen LogP contribution >= 0.6 is 11.3 Å². The van der Waals surface area contributed by atoms with Gasteiger partial charge >= 0.3 is 0 Å². The molecule has 0 saturated heterocycles. The smallest absolute Gasteiger partial charge is 0.259 e. The Morgan fingerprint density at radius 3 is 2.62 bits per heavy atom. The molecule has 0 spiro atoms. The van der Waals surface area contributed by atoms with E-state index in [2.05, 4.69) is 9.97 Å². The highest BCUT2D eigenvalue weighted by molar-refractivity contribution is 7.21. The van der Waals surface area contributed by atoms with Crippen LogP contribution in [0.25, 0.3) is 32.8 Å². The molecule has 26 heavy (non-hydrogen) atoms. The predicted molar refractivity (Wildman–Crippen MR) is 108 cm³/mol. The van der Waals surface area contributed by atoms with Gasteiger partial charge in [0.15, 0.2) is 0 Å². The minimum absolute atomic E-state index is 0.131. The van der Waals surface area contributed by atoms with Gasteiger partial charge < -0.3 is 9.72 Å². The summed E-state index contributed by atoms with van der Waals surface area (Å²) in [5.41, 5.74) is 1.88. The number of H-pyrrole nitrogens is 1. The molecule has 0 aliphatic rings. The van der Waals surface area contributed by atoms with E-state index < -0.39 is 0 Å². The lowest BCUT2D eigenvalue weighted by Crippen LogP contribution is -2.07. The molecule has 2 aromatic carbocycles. The maximum atomic E-state index is 12.4. The first-order chi connectivity index (χ1) is 12.7. The van der Waals surface area contributed by atoms with Crippen LogP contribution in [0.15, 0.2) is 65.5 Å². The van der Waals surface area contributed by atoms with E-state index in [1.54, 1.807) is 13.2 Å². The molecule has 0 saturated carbocycles. The molecule has 4 nitrogen and oxygen atoms in total. The molecule has 0 aliphatic carbocycles. The maximum absolute atomic E-state index is 12.4. The lowest BCUT2D eigenvalue weighted by atomic mass is 10.2. The molecule has 0 radical (unpaired) electrons. The molecule has 0 bridgehead atoms. The molecule has 0 atom stereocenters. The average molecular weight is 360 g/mol. The molecule has 4 rings (SSSR count). The van der Waals surface area contributed by atoms with Crippen molar-refractivity contribution in [1.82, 2.24) is 9.97 Å². The van der Waals surface area contributed by atoms with E-state index in [-0.39, 0.29) is 5.56 Å². The number of fused-ring (bicyclic) bond motifs is 1. The summed E-state index contributed by atoms with van der Waals surface area (Å²) in [5, 5.41) is 0.614. The summed E-state index contributed by atoms with van der Waals surface area (Å²) in [4.78, 5) is 21.6. The van der Waals surface area contributed by atoms with E-state index in [1.807, 2.05) is 66.7 Å². The van der Waals surface area contributed by atoms with Gasteiger partial charge in [0.1, 0.15) is 16.4 Å². The minimum atomic E-state index is -0.131. The topological polar surface area (TPSA) is 55.0 Å². The van der Waals surface area contributed by atoms with Crippen molar-refractivity contribution in [3.05, 3.63) is 82.4 Å². The average Bonchev–Trinajstić information content (AvgIpc) is 3.12. The lowest BCUT2D eigenvalue weighted by molar-refractivity contribution is 0.414. The molecule has 5 heteroatoms. The molecule has 0 unspecified atom stereocenters. The fourth-order valence-electron chi connectivity index (χ4n) is 2.74. The number of nitrogens with one attached hydrogen (secondary N) is 1. The number of ether oxygens (including phenoxy) is 1. The Labute approximate surface area is 154 Å². The van der Waals surface area contributed by atoms with Crippen molar-refractivity contribution in [3.63, 3.8) is 0 Å². The first-order valence-electron chi connectivity index (χ1n) is 8.15. The van der Waals surface area contributed by atoms with Crippen LogP contribution < -0.4 is 10.3 Å². The van der Waals surface area contributed by atoms with E-state index >= 15 is 0 Å². The Morgan fingerprint density at radius 1 is 1.04 bits per heavy atom. The van der Waals surface area contributed by atoms with Gasteiger partial charge in [0.05, 0.1) is 12.5 Å². The number of methoxy groups -OCH3 is 1. The molecular formula is C21H16N2O2S. The van der Waals surface area contributed by atoms with Crippen LogP contribution in [0, 0.1) is 0 Å². The van der Waals surface area contributed by atoms with Gasteiger partial charge in [-0.3, -0.25) is 4.79 Å². The Kier molecular flexibility index (Phi) is 4.37. The third kappa shape index (κ3) is 3.17. The summed E-state index contributed by atoms with van der Waals surface area (Å²) in [6.45, 7) is 0. The highest BCUT2D eigenvalue weighted by Gasteiger charge is 2.09. The normalized spacial score (nSPS) is 11.3. The van der Waals surface area contributed by atoms with Crippen molar-refractivity contribution in [2.75, 3.05) is 7.11 Å². The van der Waals surface area contributed by atoms with Crippen LogP contribution in [0.2, 0.25) is 0 Å². The number of nitrogens with zero attached hydrogens (tertiary/aromatic N) is 1. The standard InChI is InChI=1S/C21H16N2O2S/c1-25-17-10-6-5-7-14(17)11-12-19-22-20(24)16-13-18(26-21(16)23-19)15-8-3-2-4-9-15/h2-13H,1H3,(H,22,23,24). The highest BCUT2D eigenvalue weighted by Crippen LogP contribution is 2.30. The Hall–Kier alpha value is -3.18. The van der Waals surface area contributed by atoms with Crippen molar-refractivity contribution in [2.24, 2.45) is 0 Å². The minimum Gasteiger partial charge on any atom is -0.496 e. The zero-order valence-corrected chi connectivity index (χ0v) is 14.9. The van der Waals surface area contributed by atoms with Crippen molar-refractivity contribution in [1.29, 1.82) is 0 Å². The predicted octanol–water partition coefficient (Wildman–Crippen LogP) is 4.83. The molecular weight excluding hydrogens is 344 g/mol. The summed E-state index contributed by atoms with van der Waals surface area (Å²) in [5.74, 6) is 1.30. The number of aromatic nitrogens is 2. The van der Waals surface area contributed by atoms with Gasteiger partial charge in [-0.15, -0.1) is 11.3 Å². The Morgan fingerprint density at radius 2 is 1.81 bits per heavy atom. The number of para-hydroxylation sites is 1. The fourth-order valence-corrected chi connectivity index (χ4v) is 3.79. The van der Waals surface area contributed by atoms with Crippen molar-refractivity contribution >= 4 is 33.7 Å². The molecule has 128 valence electrons. The Balaban J connectivity index is 1.73. The SMILES string of the molecule is COc1ccccc1C=Cc1nc2sc(-c3ccccc3)cc2c(=O)[nH]1. The summed E-state index contributed by atoms with van der Waals surface area (Å²) in [6.07, 6.45) is 3.68. The molecule has 1 N–H and O–H groups in total. The van der Waals surface area contributed by atoms with E-state index in [0.717, 1.165) is 26.6 Å². The van der Waals surface area contributed by atoms with Gasteiger partial charge in [-0.2, -0.15) is 0 Å². The van der Waals surface area contributed by atoms with Gasteiger partial charge in [0.2, 0.25) is 0 Å². The lowest BCUT2D eigenvalue weighted by Gasteiger charge is -2.03. The molecule has 4 aromatic rings. The third-order valence-electron chi connectivity index (χ3n) is 4.04. The zero-order valence-electron chi connectivity index (χ0n) is 14.1. The second-order valence-electron chi connectivity index (χ2n) is 5.72. The van der Waals surface area contributed by atoms with Gasteiger partial charge in [0, 0.05) is 10.4 Å². The van der Waals surface area contributed by atoms with Crippen LogP contribution in [-0.4, -0.2) is 17.1 Å². The quantitative estimate of drug-likeness (QED) is 0.567. The van der Waals surface area contributed by atoms with Gasteiger partial charge in [-0.25, -0.2) is 4.98 Å². The zero-order chi connectivity index (χ0) is 17.9. The van der Waals surface area contributed by atoms with Crippen molar-refractivity contribution in [3.8, 4) is 16.2 Å². The number of benzene rings is 2. The second kappa shape index (κ2) is 6.98. The third-order valence-corrected chi connectivity index (χ3v) is 5.12. The van der Waals surface area contributed by atoms with Crippen LogP contribution in [0.5, 0.6) is 5.75 Å². The van der Waals surface area contributed by atoms with E-state index in [1.165, 1.54) is 11.3 Å². The largest absolute Gasteiger partial charge is 0.496 e. The number of aromatic amines is 1. The molecule has 0 aliphatic heterocycles. The van der Waals surface area contributed by atoms with E-state index in [9.17, 15) is 4.79 Å². The molecule has 2 aromatic heterocycles. The monoisotopic (exact) mass is 360 g/mol. The van der Waals surface area contributed by atoms with E-state index in [0.29, 0.717) is 11.2 Å². The fraction of sp³-hybridized carbons (Fsp3) is 0.0476. The highest BCUT2D eigenvalue weighted by atomic mass is 32.1. The van der Waals surface area contributed by atoms with Crippen LogP contribution in [0.4, 0.5) is 0 Å². The Bertz CT molecular complexity index is 1140. The number of hydrogen-bond donors (Lipinski definition) is 1. The van der Waals surface area contributed by atoms with Crippen LogP contribution in [0.3, 0.4) is 0 Å². The molecule has 2 heterocycles. The number of rotatable bonds is 4. The van der Waals surface area contributed by atoms with Crippen LogP contribution in [0.1, 0.15) is 11.4 Å². The first kappa shape index (κ1) is 16.3. The van der Waals surface area contributed by atoms with Gasteiger partial charge in [-0.05, 0) is 29.8 Å². The van der Waals surface area contributed by atoms with Gasteiger partial charge in [-0.1, -0.05) is 48.5 Å². The number of thiophene rings is 1. The first-order valence-corrected chi connectivity index (χ1v) is 8.96. The van der Waals surface area contributed by atoms with Crippen LogP contribution in [-0.2, 0) is 0 Å². The van der Waals surface area contributed by atoms with E-state index in [4.69, 9.17) is 4.74 Å². The molecule has 0 fully saturated rings. The van der Waals surface area contributed by atoms with Gasteiger partial charge in [0.25, 0.3) is 5.56 Å². The second-order valence-corrected chi connectivity index (χ2v) is 6.75. The summed E-state index contributed by atoms with van der Waals surface area (Å²) in [6, 6.07) is 19.6. The van der Waals surface area contributed by atoms with Crippen molar-refractivity contribution in [2.45, 2.75) is 0 Å². The molecule has 0 amide bonds. The summed E-state index contributed by atoms with van der Waals surface area (Å²) >= 11 is 1.52. The maximum Gasteiger partial charge on any atom is 0.259 e. The number of hydrogen-bond acceptors (Lipinski definition) is 4.